The van der Waals surface area contributed by atoms with Crippen molar-refractivity contribution in [1.82, 2.24) is 10.2 Å². The first-order valence-corrected chi connectivity index (χ1v) is 10.4. The van der Waals surface area contributed by atoms with Crippen molar-refractivity contribution in [2.45, 2.75) is 17.9 Å². The van der Waals surface area contributed by atoms with Crippen LogP contribution in [-0.4, -0.2) is 64.9 Å². The van der Waals surface area contributed by atoms with Gasteiger partial charge in [0.2, 0.25) is 5.91 Å². The van der Waals surface area contributed by atoms with Gasteiger partial charge < -0.3 is 25.2 Å². The van der Waals surface area contributed by atoms with Gasteiger partial charge in [-0.3, -0.25) is 4.79 Å². The second-order valence-electron chi connectivity index (χ2n) is 7.96. The zero-order chi connectivity index (χ0) is 22.7. The number of alkyl carbamates (subject to hydrolysis) is 1. The lowest BCUT2D eigenvalue weighted by Crippen LogP contribution is -2.42. The summed E-state index contributed by atoms with van der Waals surface area (Å²) in [7, 11) is 0. The highest BCUT2D eigenvalue weighted by Crippen LogP contribution is 2.44. The maximum absolute atomic E-state index is 12.1. The average molecular weight is 436 g/mol. The lowest BCUT2D eigenvalue weighted by atomic mass is 9.98. The molecular formula is C24H24N2O6. The number of likely N-dealkylation sites (tertiary alicyclic amines) is 1. The highest BCUT2D eigenvalue weighted by molar-refractivity contribution is 5.89. The van der Waals surface area contributed by atoms with Crippen molar-refractivity contribution >= 4 is 18.0 Å². The van der Waals surface area contributed by atoms with Crippen molar-refractivity contribution in [2.75, 3.05) is 26.2 Å². The zero-order valence-corrected chi connectivity index (χ0v) is 17.4. The predicted molar refractivity (Wildman–Crippen MR) is 116 cm³/mol. The summed E-state index contributed by atoms with van der Waals surface area (Å²) in [4.78, 5) is 36.6. The summed E-state index contributed by atoms with van der Waals surface area (Å²) >= 11 is 0. The van der Waals surface area contributed by atoms with Gasteiger partial charge in [0.1, 0.15) is 6.61 Å². The van der Waals surface area contributed by atoms with Crippen molar-refractivity contribution in [3.8, 4) is 11.1 Å². The molecule has 1 aliphatic carbocycles. The predicted octanol–water partition coefficient (Wildman–Crippen LogP) is 2.13. The van der Waals surface area contributed by atoms with Crippen LogP contribution >= 0.6 is 0 Å². The molecule has 0 aromatic heterocycles. The number of nitrogens with one attached hydrogen (secondary N) is 1. The van der Waals surface area contributed by atoms with Gasteiger partial charge in [-0.15, -0.1) is 0 Å². The standard InChI is InChI=1S/C24H24N2O6/c27-21(26-13-11-24(31,15-26)22(28)29)10-5-12-25-23(30)32-14-20-18-8-3-1-6-16(18)17-7-2-4-9-19(17)20/h1-10,20,31H,11-15H2,(H,25,30)(H,28,29)/b10-5+. The second kappa shape index (κ2) is 8.84. The van der Waals surface area contributed by atoms with Gasteiger partial charge in [0.15, 0.2) is 5.60 Å². The number of hydrogen-bond donors (Lipinski definition) is 3. The number of aliphatic hydroxyl groups is 1. The second-order valence-corrected chi connectivity index (χ2v) is 7.96. The van der Waals surface area contributed by atoms with E-state index in [9.17, 15) is 19.5 Å². The molecule has 0 bridgehead atoms. The number of fused-ring (bicyclic) bond motifs is 3. The molecule has 166 valence electrons. The molecule has 0 radical (unpaired) electrons. The fourth-order valence-corrected chi connectivity index (χ4v) is 4.21. The Hall–Kier alpha value is -3.65. The third-order valence-electron chi connectivity index (χ3n) is 5.93. The van der Waals surface area contributed by atoms with Gasteiger partial charge in [0.05, 0.1) is 6.54 Å². The molecule has 8 heteroatoms. The van der Waals surface area contributed by atoms with Crippen LogP contribution in [0.15, 0.2) is 60.7 Å². The summed E-state index contributed by atoms with van der Waals surface area (Å²) in [5, 5.41) is 21.5. The molecular weight excluding hydrogens is 412 g/mol. The number of carboxylic acid groups (broad SMARTS) is 1. The fourth-order valence-electron chi connectivity index (χ4n) is 4.21. The molecule has 32 heavy (non-hydrogen) atoms. The normalized spacial score (nSPS) is 19.6. The molecule has 1 fully saturated rings. The highest BCUT2D eigenvalue weighted by atomic mass is 16.5. The fraction of sp³-hybridized carbons (Fsp3) is 0.292. The van der Waals surface area contributed by atoms with Crippen molar-refractivity contribution in [2.24, 2.45) is 0 Å². The molecule has 1 heterocycles. The highest BCUT2D eigenvalue weighted by Gasteiger charge is 2.44. The first-order valence-electron chi connectivity index (χ1n) is 10.4. The number of amides is 2. The van der Waals surface area contributed by atoms with Crippen molar-refractivity contribution in [3.05, 3.63) is 71.8 Å². The Labute approximate surface area is 185 Å². The van der Waals surface area contributed by atoms with Crippen LogP contribution in [0.4, 0.5) is 4.79 Å². The maximum atomic E-state index is 12.1. The number of carboxylic acids is 1. The quantitative estimate of drug-likeness (QED) is 0.598. The molecule has 0 spiro atoms. The number of hydrogen-bond acceptors (Lipinski definition) is 5. The molecule has 8 nitrogen and oxygen atoms in total. The van der Waals surface area contributed by atoms with Crippen LogP contribution in [0.5, 0.6) is 0 Å². The van der Waals surface area contributed by atoms with E-state index in [0.29, 0.717) is 0 Å². The molecule has 0 saturated carbocycles. The summed E-state index contributed by atoms with van der Waals surface area (Å²) < 4.78 is 5.42. The van der Waals surface area contributed by atoms with E-state index < -0.39 is 23.6 Å². The van der Waals surface area contributed by atoms with Gasteiger partial charge in [0.25, 0.3) is 0 Å². The summed E-state index contributed by atoms with van der Waals surface area (Å²) in [5.74, 6) is -1.79. The Balaban J connectivity index is 1.26. The molecule has 2 aliphatic rings. The number of benzene rings is 2. The van der Waals surface area contributed by atoms with Crippen LogP contribution in [0.3, 0.4) is 0 Å². The first kappa shape index (κ1) is 21.6. The van der Waals surface area contributed by atoms with E-state index in [1.54, 1.807) is 0 Å². The Morgan fingerprint density at radius 1 is 1.09 bits per heavy atom. The van der Waals surface area contributed by atoms with Gasteiger partial charge in [-0.1, -0.05) is 54.6 Å². The molecule has 1 aliphatic heterocycles. The van der Waals surface area contributed by atoms with Gasteiger partial charge in [-0.05, 0) is 22.3 Å². The average Bonchev–Trinajstić information content (AvgIpc) is 3.35. The lowest BCUT2D eigenvalue weighted by molar-refractivity contribution is -0.157. The van der Waals surface area contributed by atoms with Crippen molar-refractivity contribution < 1.29 is 29.3 Å². The summed E-state index contributed by atoms with van der Waals surface area (Å²) in [6.07, 6.45) is 2.10. The van der Waals surface area contributed by atoms with Crippen LogP contribution < -0.4 is 5.32 Å². The summed E-state index contributed by atoms with van der Waals surface area (Å²) in [5.41, 5.74) is 2.65. The number of nitrogens with zero attached hydrogens (tertiary/aromatic N) is 1. The van der Waals surface area contributed by atoms with Crippen LogP contribution in [0.1, 0.15) is 23.5 Å². The molecule has 2 aromatic rings. The molecule has 1 atom stereocenters. The van der Waals surface area contributed by atoms with E-state index in [1.165, 1.54) is 17.1 Å². The number of ether oxygens (including phenoxy) is 1. The minimum Gasteiger partial charge on any atom is -0.479 e. The van der Waals surface area contributed by atoms with Crippen molar-refractivity contribution in [3.63, 3.8) is 0 Å². The van der Waals surface area contributed by atoms with E-state index in [-0.39, 0.29) is 38.6 Å². The third kappa shape index (κ3) is 4.22. The molecule has 2 amide bonds. The minimum atomic E-state index is -1.90. The maximum Gasteiger partial charge on any atom is 0.407 e. The molecule has 4 rings (SSSR count). The largest absolute Gasteiger partial charge is 0.479 e. The molecule has 2 aromatic carbocycles. The number of carbonyl (C=O) groups excluding carboxylic acids is 2. The van der Waals surface area contributed by atoms with Crippen LogP contribution in [0.25, 0.3) is 11.1 Å². The number of β-amino-alcohol motifs (C(OH)–C–C–N with tert-alkyl or cyclic N) is 1. The Kier molecular flexibility index (Phi) is 5.96. The van der Waals surface area contributed by atoms with Crippen LogP contribution in [-0.2, 0) is 14.3 Å². The van der Waals surface area contributed by atoms with E-state index in [2.05, 4.69) is 17.4 Å². The van der Waals surface area contributed by atoms with E-state index in [4.69, 9.17) is 9.84 Å². The van der Waals surface area contributed by atoms with E-state index >= 15 is 0 Å². The zero-order valence-electron chi connectivity index (χ0n) is 17.4. The van der Waals surface area contributed by atoms with Crippen LogP contribution in [0.2, 0.25) is 0 Å². The summed E-state index contributed by atoms with van der Waals surface area (Å²) in [6.45, 7) is 0.181. The Morgan fingerprint density at radius 3 is 2.31 bits per heavy atom. The van der Waals surface area contributed by atoms with E-state index in [0.717, 1.165) is 22.3 Å². The monoisotopic (exact) mass is 436 g/mol. The van der Waals surface area contributed by atoms with Gasteiger partial charge in [-0.25, -0.2) is 9.59 Å². The van der Waals surface area contributed by atoms with Crippen molar-refractivity contribution in [1.29, 1.82) is 0 Å². The van der Waals surface area contributed by atoms with E-state index in [1.807, 2.05) is 36.4 Å². The number of aliphatic carboxylic acids is 1. The number of rotatable bonds is 6. The Morgan fingerprint density at radius 2 is 1.72 bits per heavy atom. The third-order valence-corrected chi connectivity index (χ3v) is 5.93. The summed E-state index contributed by atoms with van der Waals surface area (Å²) in [6, 6.07) is 16.1. The van der Waals surface area contributed by atoms with Crippen LogP contribution in [0, 0.1) is 0 Å². The topological polar surface area (TPSA) is 116 Å². The SMILES string of the molecule is O=C(NC/C=C/C(=O)N1CCC(O)(C(=O)O)C1)OCC1c2ccccc2-c2ccccc21. The van der Waals surface area contributed by atoms with Gasteiger partial charge in [-0.2, -0.15) is 0 Å². The molecule has 1 unspecified atom stereocenters. The molecule has 3 N–H and O–H groups in total. The van der Waals surface area contributed by atoms with Gasteiger partial charge >= 0.3 is 12.1 Å². The number of carbonyl (C=O) groups is 3. The lowest BCUT2D eigenvalue weighted by Gasteiger charge is -2.17. The smallest absolute Gasteiger partial charge is 0.407 e. The Bertz CT molecular complexity index is 1040. The first-order chi connectivity index (χ1) is 15.4. The minimum absolute atomic E-state index is 0.0140. The molecule has 1 saturated heterocycles. The van der Waals surface area contributed by atoms with Gasteiger partial charge in [0, 0.05) is 31.5 Å².